The molecule has 2 atom stereocenters. The Morgan fingerprint density at radius 3 is 2.47 bits per heavy atom. The Balaban J connectivity index is 1.43. The molecular formula is C25H19F3N6O2. The normalized spacial score (nSPS) is 17.4. The number of hydrogen-bond donors (Lipinski definition) is 4. The molecule has 11 heteroatoms. The average Bonchev–Trinajstić information content (AvgIpc) is 3.19. The summed E-state index contributed by atoms with van der Waals surface area (Å²) >= 11 is 0. The molecule has 8 nitrogen and oxygen atoms in total. The van der Waals surface area contributed by atoms with Crippen LogP contribution in [0.4, 0.5) is 35.2 Å². The molecule has 1 aliphatic rings. The van der Waals surface area contributed by atoms with Crippen LogP contribution >= 0.6 is 0 Å². The van der Waals surface area contributed by atoms with Gasteiger partial charge in [-0.2, -0.15) is 5.10 Å². The predicted molar refractivity (Wildman–Crippen MR) is 129 cm³/mol. The summed E-state index contributed by atoms with van der Waals surface area (Å²) in [5.41, 5.74) is 1.87. The van der Waals surface area contributed by atoms with Crippen molar-refractivity contribution in [2.45, 2.75) is 13.0 Å². The van der Waals surface area contributed by atoms with Crippen molar-refractivity contribution in [2.24, 2.45) is 10.9 Å². The van der Waals surface area contributed by atoms with Crippen molar-refractivity contribution in [2.75, 3.05) is 10.6 Å². The third kappa shape index (κ3) is 4.63. The van der Waals surface area contributed by atoms with E-state index >= 15 is 0 Å². The second kappa shape index (κ2) is 9.17. The van der Waals surface area contributed by atoms with Gasteiger partial charge in [-0.25, -0.2) is 23.0 Å². The first kappa shape index (κ1) is 23.1. The Kier molecular flexibility index (Phi) is 5.88. The molecule has 3 aromatic carbocycles. The van der Waals surface area contributed by atoms with Gasteiger partial charge in [0.15, 0.2) is 5.82 Å². The Labute approximate surface area is 202 Å². The topological polar surface area (TPSA) is 111 Å². The maximum atomic E-state index is 13.9. The van der Waals surface area contributed by atoms with Gasteiger partial charge in [-0.3, -0.25) is 9.89 Å². The van der Waals surface area contributed by atoms with Gasteiger partial charge in [0.25, 0.3) is 0 Å². The number of fused-ring (bicyclic) bond motifs is 1. The van der Waals surface area contributed by atoms with Crippen LogP contribution in [0.5, 0.6) is 0 Å². The van der Waals surface area contributed by atoms with E-state index in [1.807, 2.05) is 0 Å². The van der Waals surface area contributed by atoms with Crippen LogP contribution in [0.25, 0.3) is 10.9 Å². The van der Waals surface area contributed by atoms with Crippen LogP contribution in [0.15, 0.2) is 65.7 Å². The van der Waals surface area contributed by atoms with Crippen molar-refractivity contribution in [3.63, 3.8) is 0 Å². The van der Waals surface area contributed by atoms with E-state index in [-0.39, 0.29) is 11.3 Å². The molecule has 4 N–H and O–H groups in total. The molecule has 5 rings (SSSR count). The zero-order chi connectivity index (χ0) is 25.4. The van der Waals surface area contributed by atoms with Gasteiger partial charge < -0.3 is 16.0 Å². The van der Waals surface area contributed by atoms with Crippen LogP contribution < -0.4 is 16.0 Å². The SMILES string of the molecule is CC1=NC(=O)NC(c2cc(F)cc(F)c2)C1C(=O)Nc1ccc2[nH]nc(Nc3cccc(F)c3)c2c1. The van der Waals surface area contributed by atoms with E-state index in [1.54, 1.807) is 30.3 Å². The highest BCUT2D eigenvalue weighted by Crippen LogP contribution is 2.31. The van der Waals surface area contributed by atoms with Crippen molar-refractivity contribution >= 4 is 45.7 Å². The van der Waals surface area contributed by atoms with Crippen LogP contribution in [-0.4, -0.2) is 27.8 Å². The molecule has 4 aromatic rings. The first-order valence-electron chi connectivity index (χ1n) is 10.9. The van der Waals surface area contributed by atoms with Gasteiger partial charge in [0, 0.05) is 28.5 Å². The van der Waals surface area contributed by atoms with Gasteiger partial charge in [-0.15, -0.1) is 0 Å². The Hall–Kier alpha value is -4.67. The molecule has 2 unspecified atom stereocenters. The lowest BCUT2D eigenvalue weighted by molar-refractivity contribution is -0.118. The summed E-state index contributed by atoms with van der Waals surface area (Å²) in [6.07, 6.45) is 0. The fraction of sp³-hybridized carbons (Fsp3) is 0.120. The van der Waals surface area contributed by atoms with Crippen molar-refractivity contribution in [3.8, 4) is 0 Å². The highest BCUT2D eigenvalue weighted by Gasteiger charge is 2.37. The number of rotatable bonds is 5. The van der Waals surface area contributed by atoms with Gasteiger partial charge in [0.05, 0.1) is 11.6 Å². The summed E-state index contributed by atoms with van der Waals surface area (Å²) in [4.78, 5) is 29.2. The molecule has 1 aliphatic heterocycles. The first-order valence-corrected chi connectivity index (χ1v) is 10.9. The molecule has 0 aliphatic carbocycles. The largest absolute Gasteiger partial charge is 0.341 e. The minimum Gasteiger partial charge on any atom is -0.338 e. The van der Waals surface area contributed by atoms with Crippen LogP contribution in [0.1, 0.15) is 18.5 Å². The number of benzene rings is 3. The van der Waals surface area contributed by atoms with E-state index < -0.39 is 41.3 Å². The lowest BCUT2D eigenvalue weighted by atomic mass is 9.87. The molecule has 36 heavy (non-hydrogen) atoms. The number of halogens is 3. The van der Waals surface area contributed by atoms with Crippen LogP contribution in [0, 0.1) is 23.4 Å². The summed E-state index contributed by atoms with van der Waals surface area (Å²) in [7, 11) is 0. The molecule has 0 spiro atoms. The van der Waals surface area contributed by atoms with Crippen LogP contribution in [-0.2, 0) is 4.79 Å². The molecule has 0 saturated heterocycles. The number of hydrogen-bond acceptors (Lipinski definition) is 4. The molecule has 3 amide bonds. The smallest absolute Gasteiger partial charge is 0.338 e. The highest BCUT2D eigenvalue weighted by molar-refractivity contribution is 6.13. The van der Waals surface area contributed by atoms with Gasteiger partial charge in [-0.05, 0) is 61.0 Å². The highest BCUT2D eigenvalue weighted by atomic mass is 19.1. The summed E-state index contributed by atoms with van der Waals surface area (Å²) in [6.45, 7) is 1.51. The monoisotopic (exact) mass is 492 g/mol. The predicted octanol–water partition coefficient (Wildman–Crippen LogP) is 5.20. The van der Waals surface area contributed by atoms with Gasteiger partial charge >= 0.3 is 6.03 Å². The van der Waals surface area contributed by atoms with E-state index in [4.69, 9.17) is 0 Å². The van der Waals surface area contributed by atoms with Crippen molar-refractivity contribution < 1.29 is 22.8 Å². The molecule has 182 valence electrons. The number of nitrogens with zero attached hydrogens (tertiary/aromatic N) is 2. The summed E-state index contributed by atoms with van der Waals surface area (Å²) < 4.78 is 41.3. The van der Waals surface area contributed by atoms with Crippen molar-refractivity contribution in [1.29, 1.82) is 0 Å². The van der Waals surface area contributed by atoms with Crippen LogP contribution in [0.2, 0.25) is 0 Å². The molecule has 0 fully saturated rings. The molecular weight excluding hydrogens is 473 g/mol. The molecule has 0 radical (unpaired) electrons. The summed E-state index contributed by atoms with van der Waals surface area (Å²) in [6, 6.07) is 12.0. The standard InChI is InChI=1S/C25H19F3N6O2/c1-12-21(22(32-25(36)29-12)13-7-15(27)9-16(28)8-13)24(35)31-18-5-6-20-19(11-18)23(34-33-20)30-17-4-2-3-14(26)10-17/h2-11,21-22H,1H3,(H,31,35)(H,32,36)(H2,30,33,34). The van der Waals surface area contributed by atoms with Crippen molar-refractivity contribution in [1.82, 2.24) is 15.5 Å². The third-order valence-corrected chi connectivity index (χ3v) is 5.78. The molecule has 0 saturated carbocycles. The minimum absolute atomic E-state index is 0.0992. The number of nitrogens with one attached hydrogen (secondary N) is 4. The fourth-order valence-electron chi connectivity index (χ4n) is 4.20. The molecule has 0 bridgehead atoms. The van der Waals surface area contributed by atoms with Gasteiger partial charge in [0.2, 0.25) is 5.91 Å². The number of aromatic nitrogens is 2. The van der Waals surface area contributed by atoms with E-state index in [1.165, 1.54) is 19.1 Å². The van der Waals surface area contributed by atoms with E-state index in [0.29, 0.717) is 34.2 Å². The number of carbonyl (C=O) groups excluding carboxylic acids is 2. The minimum atomic E-state index is -1.02. The van der Waals surface area contributed by atoms with Gasteiger partial charge in [-0.1, -0.05) is 6.07 Å². The zero-order valence-electron chi connectivity index (χ0n) is 18.8. The quantitative estimate of drug-likeness (QED) is 0.307. The number of carbonyl (C=O) groups is 2. The maximum Gasteiger partial charge on any atom is 0.341 e. The van der Waals surface area contributed by atoms with E-state index in [9.17, 15) is 22.8 Å². The zero-order valence-corrected chi connectivity index (χ0v) is 18.8. The van der Waals surface area contributed by atoms with Gasteiger partial charge in [0.1, 0.15) is 23.4 Å². The Bertz CT molecular complexity index is 1510. The number of urea groups is 1. The van der Waals surface area contributed by atoms with Crippen molar-refractivity contribution in [3.05, 3.63) is 83.7 Å². The number of anilines is 3. The van der Waals surface area contributed by atoms with E-state index in [2.05, 4.69) is 31.1 Å². The maximum absolute atomic E-state index is 13.9. The van der Waals surface area contributed by atoms with Crippen LogP contribution in [0.3, 0.4) is 0 Å². The first-order chi connectivity index (χ1) is 17.3. The Morgan fingerprint density at radius 2 is 1.72 bits per heavy atom. The fourth-order valence-corrected chi connectivity index (χ4v) is 4.20. The second-order valence-corrected chi connectivity index (χ2v) is 8.32. The number of H-pyrrole nitrogens is 1. The molecule has 1 aromatic heterocycles. The van der Waals surface area contributed by atoms with E-state index in [0.717, 1.165) is 12.1 Å². The Morgan fingerprint density at radius 1 is 0.944 bits per heavy atom. The number of aliphatic imine (C=N–C) groups is 1. The lowest BCUT2D eigenvalue weighted by Gasteiger charge is -2.30. The summed E-state index contributed by atoms with van der Waals surface area (Å²) in [5.74, 6) is -3.20. The summed E-state index contributed by atoms with van der Waals surface area (Å²) in [5, 5.41) is 16.0. The average molecular weight is 492 g/mol. The number of amides is 3. The number of aromatic amines is 1. The molecule has 2 heterocycles. The lowest BCUT2D eigenvalue weighted by Crippen LogP contribution is -2.45. The second-order valence-electron chi connectivity index (χ2n) is 8.32. The third-order valence-electron chi connectivity index (χ3n) is 5.78.